The summed E-state index contributed by atoms with van der Waals surface area (Å²) in [7, 11) is 0. The number of nitrogens with zero attached hydrogens (tertiary/aromatic N) is 1. The van der Waals surface area contributed by atoms with Crippen LogP contribution in [-0.2, 0) is 4.79 Å². The Morgan fingerprint density at radius 1 is 1.58 bits per heavy atom. The van der Waals surface area contributed by atoms with Crippen LogP contribution in [0, 0.1) is 6.92 Å². The van der Waals surface area contributed by atoms with Crippen molar-refractivity contribution in [2.75, 3.05) is 19.7 Å². The third kappa shape index (κ3) is 3.19. The van der Waals surface area contributed by atoms with Gasteiger partial charge >= 0.3 is 0 Å². The molecule has 1 atom stereocenters. The van der Waals surface area contributed by atoms with Crippen molar-refractivity contribution in [1.82, 2.24) is 4.90 Å². The molecule has 0 unspecified atom stereocenters. The number of ether oxygens (including phenoxy) is 1. The van der Waals surface area contributed by atoms with Gasteiger partial charge in [-0.25, -0.2) is 0 Å². The first-order valence-electron chi connectivity index (χ1n) is 6.51. The summed E-state index contributed by atoms with van der Waals surface area (Å²) in [5.41, 5.74) is 6.52. The lowest BCUT2D eigenvalue weighted by atomic mass is 10.2. The zero-order valence-corrected chi connectivity index (χ0v) is 11.8. The van der Waals surface area contributed by atoms with Crippen LogP contribution in [0.15, 0.2) is 18.2 Å². The Bertz CT molecular complexity index is 465. The Balaban J connectivity index is 1.95. The van der Waals surface area contributed by atoms with Crippen LogP contribution in [0.4, 0.5) is 0 Å². The van der Waals surface area contributed by atoms with Crippen molar-refractivity contribution in [2.45, 2.75) is 25.8 Å². The molecule has 2 N–H and O–H groups in total. The van der Waals surface area contributed by atoms with Crippen LogP contribution < -0.4 is 10.5 Å². The molecule has 1 aromatic carbocycles. The van der Waals surface area contributed by atoms with Gasteiger partial charge in [0.15, 0.2) is 6.61 Å². The Kier molecular flexibility index (Phi) is 4.66. The molecule has 0 spiro atoms. The van der Waals surface area contributed by atoms with Gasteiger partial charge in [-0.15, -0.1) is 0 Å². The molecule has 1 fully saturated rings. The number of benzene rings is 1. The lowest BCUT2D eigenvalue weighted by molar-refractivity contribution is -0.134. The molecule has 1 heterocycles. The third-order valence-corrected chi connectivity index (χ3v) is 3.95. The van der Waals surface area contributed by atoms with Crippen molar-refractivity contribution in [3.8, 4) is 5.75 Å². The highest BCUT2D eigenvalue weighted by molar-refractivity contribution is 6.31. The van der Waals surface area contributed by atoms with Gasteiger partial charge in [-0.05, 0) is 31.9 Å². The zero-order valence-electron chi connectivity index (χ0n) is 11.1. The topological polar surface area (TPSA) is 55.6 Å². The van der Waals surface area contributed by atoms with E-state index in [9.17, 15) is 4.79 Å². The zero-order chi connectivity index (χ0) is 13.8. The van der Waals surface area contributed by atoms with Crippen molar-refractivity contribution in [1.29, 1.82) is 0 Å². The van der Waals surface area contributed by atoms with Crippen LogP contribution in [0.5, 0.6) is 5.75 Å². The van der Waals surface area contributed by atoms with Crippen LogP contribution in [-0.4, -0.2) is 36.5 Å². The van der Waals surface area contributed by atoms with Crippen LogP contribution >= 0.6 is 11.6 Å². The summed E-state index contributed by atoms with van der Waals surface area (Å²) in [6, 6.07) is 5.60. The summed E-state index contributed by atoms with van der Waals surface area (Å²) in [6.07, 6.45) is 2.00. The van der Waals surface area contributed by atoms with Gasteiger partial charge in [0.25, 0.3) is 5.91 Å². The predicted molar refractivity (Wildman–Crippen MR) is 75.5 cm³/mol. The predicted octanol–water partition coefficient (Wildman–Crippen LogP) is 1.98. The van der Waals surface area contributed by atoms with E-state index in [4.69, 9.17) is 22.1 Å². The van der Waals surface area contributed by atoms with Crippen LogP contribution in [0.1, 0.15) is 18.4 Å². The maximum Gasteiger partial charge on any atom is 0.260 e. The van der Waals surface area contributed by atoms with E-state index in [0.29, 0.717) is 17.3 Å². The highest BCUT2D eigenvalue weighted by atomic mass is 35.5. The lowest BCUT2D eigenvalue weighted by Gasteiger charge is -2.23. The minimum Gasteiger partial charge on any atom is -0.483 e. The number of nitrogens with two attached hydrogens (primary N) is 1. The van der Waals surface area contributed by atoms with Gasteiger partial charge in [0.2, 0.25) is 0 Å². The molecule has 4 nitrogen and oxygen atoms in total. The number of carbonyl (C=O) groups is 1. The number of carbonyl (C=O) groups excluding carboxylic acids is 1. The number of rotatable bonds is 4. The Morgan fingerprint density at radius 2 is 2.37 bits per heavy atom. The van der Waals surface area contributed by atoms with Gasteiger partial charge in [0.05, 0.1) is 0 Å². The molecular formula is C14H19ClN2O2. The SMILES string of the molecule is Cc1c(Cl)cccc1OCC(=O)N1CCC[C@H]1CN. The first-order valence-corrected chi connectivity index (χ1v) is 6.88. The Hall–Kier alpha value is -1.26. The number of halogens is 1. The highest BCUT2D eigenvalue weighted by Gasteiger charge is 2.27. The van der Waals surface area contributed by atoms with E-state index in [1.54, 1.807) is 6.07 Å². The number of likely N-dealkylation sites (tertiary alicyclic amines) is 1. The van der Waals surface area contributed by atoms with Gasteiger partial charge in [-0.1, -0.05) is 17.7 Å². The maximum atomic E-state index is 12.1. The molecule has 0 radical (unpaired) electrons. The van der Waals surface area contributed by atoms with Crippen LogP contribution in [0.3, 0.4) is 0 Å². The molecule has 1 aliphatic rings. The van der Waals surface area contributed by atoms with Crippen molar-refractivity contribution < 1.29 is 9.53 Å². The van der Waals surface area contributed by atoms with Crippen molar-refractivity contribution in [3.63, 3.8) is 0 Å². The minimum atomic E-state index is -0.00711. The number of hydrogen-bond acceptors (Lipinski definition) is 3. The molecule has 2 rings (SSSR count). The van der Waals surface area contributed by atoms with E-state index >= 15 is 0 Å². The molecule has 1 saturated heterocycles. The molecule has 5 heteroatoms. The quantitative estimate of drug-likeness (QED) is 0.919. The van der Waals surface area contributed by atoms with E-state index in [-0.39, 0.29) is 18.6 Å². The van der Waals surface area contributed by atoms with Crippen LogP contribution in [0.2, 0.25) is 5.02 Å². The largest absolute Gasteiger partial charge is 0.483 e. The molecule has 0 bridgehead atoms. The van der Waals surface area contributed by atoms with Gasteiger partial charge in [0, 0.05) is 29.7 Å². The minimum absolute atomic E-state index is 0.00711. The average Bonchev–Trinajstić information content (AvgIpc) is 2.88. The first-order chi connectivity index (χ1) is 9.13. The molecule has 0 aromatic heterocycles. The summed E-state index contributed by atoms with van der Waals surface area (Å²) in [5, 5.41) is 0.644. The fraction of sp³-hybridized carbons (Fsp3) is 0.500. The smallest absolute Gasteiger partial charge is 0.260 e. The van der Waals surface area contributed by atoms with Crippen molar-refractivity contribution in [3.05, 3.63) is 28.8 Å². The fourth-order valence-corrected chi connectivity index (χ4v) is 2.54. The molecule has 1 amide bonds. The molecule has 104 valence electrons. The Labute approximate surface area is 118 Å². The van der Waals surface area contributed by atoms with E-state index in [1.165, 1.54) is 0 Å². The second-order valence-electron chi connectivity index (χ2n) is 4.77. The standard InChI is InChI=1S/C14H19ClN2O2/c1-10-12(15)5-2-6-13(10)19-9-14(18)17-7-3-4-11(17)8-16/h2,5-6,11H,3-4,7-9,16H2,1H3/t11-/m0/s1. The molecule has 1 aromatic rings. The van der Waals surface area contributed by atoms with E-state index in [0.717, 1.165) is 24.9 Å². The normalized spacial score (nSPS) is 18.7. The average molecular weight is 283 g/mol. The first kappa shape index (κ1) is 14.2. The lowest BCUT2D eigenvalue weighted by Crippen LogP contribution is -2.42. The van der Waals surface area contributed by atoms with E-state index < -0.39 is 0 Å². The monoisotopic (exact) mass is 282 g/mol. The summed E-state index contributed by atoms with van der Waals surface area (Å²) in [6.45, 7) is 3.21. The molecule has 1 aliphatic heterocycles. The van der Waals surface area contributed by atoms with Gasteiger partial charge in [-0.3, -0.25) is 4.79 Å². The molecular weight excluding hydrogens is 264 g/mol. The fourth-order valence-electron chi connectivity index (χ4n) is 2.38. The van der Waals surface area contributed by atoms with Gasteiger partial charge in [-0.2, -0.15) is 0 Å². The molecule has 0 aliphatic carbocycles. The highest BCUT2D eigenvalue weighted by Crippen LogP contribution is 2.25. The van der Waals surface area contributed by atoms with Crippen molar-refractivity contribution >= 4 is 17.5 Å². The van der Waals surface area contributed by atoms with Gasteiger partial charge < -0.3 is 15.4 Å². The summed E-state index contributed by atoms with van der Waals surface area (Å²) in [4.78, 5) is 13.9. The van der Waals surface area contributed by atoms with E-state index in [1.807, 2.05) is 24.0 Å². The second kappa shape index (κ2) is 6.26. The van der Waals surface area contributed by atoms with Crippen molar-refractivity contribution in [2.24, 2.45) is 5.73 Å². The Morgan fingerprint density at radius 3 is 3.11 bits per heavy atom. The number of amides is 1. The second-order valence-corrected chi connectivity index (χ2v) is 5.18. The summed E-state index contributed by atoms with van der Waals surface area (Å²) >= 11 is 6.01. The third-order valence-electron chi connectivity index (χ3n) is 3.54. The van der Waals surface area contributed by atoms with Crippen LogP contribution in [0.25, 0.3) is 0 Å². The summed E-state index contributed by atoms with van der Waals surface area (Å²) in [5.74, 6) is 0.650. The number of hydrogen-bond donors (Lipinski definition) is 1. The summed E-state index contributed by atoms with van der Waals surface area (Å²) < 4.78 is 5.57. The van der Waals surface area contributed by atoms with E-state index in [2.05, 4.69) is 0 Å². The van der Waals surface area contributed by atoms with Gasteiger partial charge in [0.1, 0.15) is 5.75 Å². The maximum absolute atomic E-state index is 12.1. The molecule has 19 heavy (non-hydrogen) atoms. The molecule has 0 saturated carbocycles.